The molecule has 9 heteroatoms. The van der Waals surface area contributed by atoms with Crippen LogP contribution in [0.5, 0.6) is 0 Å². The van der Waals surface area contributed by atoms with Crippen molar-refractivity contribution in [2.24, 2.45) is 0 Å². The van der Waals surface area contributed by atoms with E-state index in [9.17, 15) is 4.79 Å². The molecule has 0 aromatic carbocycles. The van der Waals surface area contributed by atoms with E-state index in [1.807, 2.05) is 0 Å². The Morgan fingerprint density at radius 2 is 2.08 bits per heavy atom. The van der Waals surface area contributed by atoms with Gasteiger partial charge in [-0.05, 0) is 19.1 Å². The van der Waals surface area contributed by atoms with Crippen molar-refractivity contribution in [3.8, 4) is 11.7 Å². The van der Waals surface area contributed by atoms with Crippen molar-refractivity contribution >= 4 is 30.7 Å². The molecule has 0 bridgehead atoms. The number of halogens is 2. The van der Waals surface area contributed by atoms with Crippen LogP contribution in [0.3, 0.4) is 0 Å². The number of aromatic nitrogens is 1. The summed E-state index contributed by atoms with van der Waals surface area (Å²) in [5.41, 5.74) is 0.622. The molecule has 0 aliphatic carbocycles. The Hall–Kier alpha value is -1.54. The van der Waals surface area contributed by atoms with Crippen molar-refractivity contribution in [1.82, 2.24) is 15.6 Å². The van der Waals surface area contributed by atoms with Gasteiger partial charge in [0.2, 0.25) is 5.91 Å². The second-order valence-corrected chi connectivity index (χ2v) is 4.77. The Bertz CT molecular complexity index is 588. The third-order valence-corrected chi connectivity index (χ3v) is 3.06. The predicted molar refractivity (Wildman–Crippen MR) is 94.9 cm³/mol. The number of methoxy groups -OCH3 is 1. The lowest BCUT2D eigenvalue weighted by Gasteiger charge is -2.05. The van der Waals surface area contributed by atoms with E-state index in [0.29, 0.717) is 42.8 Å². The highest BCUT2D eigenvalue weighted by Crippen LogP contribution is 2.22. The molecule has 2 N–H and O–H groups in total. The van der Waals surface area contributed by atoms with Crippen LogP contribution in [-0.4, -0.2) is 44.2 Å². The quantitative estimate of drug-likeness (QED) is 0.647. The van der Waals surface area contributed by atoms with Crippen LogP contribution in [0, 0.1) is 6.92 Å². The minimum atomic E-state index is -0.0871. The van der Waals surface area contributed by atoms with Crippen LogP contribution in [0.2, 0.25) is 0 Å². The van der Waals surface area contributed by atoms with Crippen molar-refractivity contribution in [2.45, 2.75) is 13.3 Å². The van der Waals surface area contributed by atoms with Gasteiger partial charge in [-0.25, -0.2) is 4.98 Å². The first kappa shape index (κ1) is 22.5. The fourth-order valence-electron chi connectivity index (χ4n) is 1.90. The van der Waals surface area contributed by atoms with Gasteiger partial charge in [-0.2, -0.15) is 0 Å². The highest BCUT2D eigenvalue weighted by molar-refractivity contribution is 5.85. The minimum Gasteiger partial charge on any atom is -0.459 e. The monoisotopic (exact) mass is 379 g/mol. The van der Waals surface area contributed by atoms with Crippen LogP contribution in [-0.2, 0) is 16.0 Å². The minimum absolute atomic E-state index is 0. The number of nitrogens with zero attached hydrogens (tertiary/aromatic N) is 1. The molecule has 2 rings (SSSR count). The topological polar surface area (TPSA) is 89.5 Å². The van der Waals surface area contributed by atoms with Crippen molar-refractivity contribution in [3.05, 3.63) is 29.9 Å². The molecule has 7 nitrogen and oxygen atoms in total. The normalized spacial score (nSPS) is 9.92. The summed E-state index contributed by atoms with van der Waals surface area (Å²) in [5, 5.41) is 5.99. The summed E-state index contributed by atoms with van der Waals surface area (Å²) in [4.78, 5) is 16.2. The van der Waals surface area contributed by atoms with E-state index in [2.05, 4.69) is 15.6 Å². The zero-order chi connectivity index (χ0) is 15.8. The molecule has 0 atom stereocenters. The van der Waals surface area contributed by atoms with E-state index in [1.54, 1.807) is 32.4 Å². The molecular formula is C15H23Cl2N3O4. The Kier molecular flexibility index (Phi) is 11.1. The fraction of sp³-hybridized carbons (Fsp3) is 0.467. The number of hydrogen-bond donors (Lipinski definition) is 2. The third kappa shape index (κ3) is 6.92. The van der Waals surface area contributed by atoms with E-state index < -0.39 is 0 Å². The number of oxazole rings is 1. The number of amides is 1. The van der Waals surface area contributed by atoms with E-state index in [0.717, 1.165) is 6.54 Å². The second kappa shape index (κ2) is 11.9. The number of hydrogen-bond acceptors (Lipinski definition) is 6. The second-order valence-electron chi connectivity index (χ2n) is 4.77. The molecule has 0 unspecified atom stereocenters. The first-order valence-corrected chi connectivity index (χ1v) is 7.17. The van der Waals surface area contributed by atoms with Crippen molar-refractivity contribution in [2.75, 3.05) is 33.4 Å². The van der Waals surface area contributed by atoms with Crippen LogP contribution in [0.4, 0.5) is 0 Å². The molecule has 2 aromatic rings. The van der Waals surface area contributed by atoms with Crippen LogP contribution >= 0.6 is 24.8 Å². The number of furan rings is 1. The number of carbonyl (C=O) groups is 1. The molecule has 2 heterocycles. The van der Waals surface area contributed by atoms with Gasteiger partial charge in [0.1, 0.15) is 5.76 Å². The number of aryl methyl sites for hydroxylation is 1. The maximum absolute atomic E-state index is 11.9. The highest BCUT2D eigenvalue weighted by atomic mass is 35.5. The lowest BCUT2D eigenvalue weighted by molar-refractivity contribution is -0.120. The van der Waals surface area contributed by atoms with Gasteiger partial charge in [0, 0.05) is 26.7 Å². The SMILES string of the molecule is COCCNCCNC(=O)Cc1nc(-c2ccco2)oc1C.Cl.Cl. The molecule has 0 spiro atoms. The van der Waals surface area contributed by atoms with Crippen LogP contribution in [0.1, 0.15) is 11.5 Å². The maximum Gasteiger partial charge on any atom is 0.263 e. The Balaban J connectivity index is 0.00000264. The van der Waals surface area contributed by atoms with Gasteiger partial charge < -0.3 is 24.2 Å². The van der Waals surface area contributed by atoms with Gasteiger partial charge in [-0.15, -0.1) is 24.8 Å². The summed E-state index contributed by atoms with van der Waals surface area (Å²) in [5.74, 6) is 1.49. The van der Waals surface area contributed by atoms with Crippen LogP contribution in [0.25, 0.3) is 11.7 Å². The Labute approximate surface area is 153 Å². The Morgan fingerprint density at radius 1 is 1.29 bits per heavy atom. The molecule has 0 saturated heterocycles. The van der Waals surface area contributed by atoms with Crippen LogP contribution < -0.4 is 10.6 Å². The molecule has 136 valence electrons. The average Bonchev–Trinajstić information content (AvgIpc) is 3.13. The Morgan fingerprint density at radius 3 is 2.75 bits per heavy atom. The smallest absolute Gasteiger partial charge is 0.263 e. The van der Waals surface area contributed by atoms with Gasteiger partial charge in [0.15, 0.2) is 5.76 Å². The zero-order valence-corrected chi connectivity index (χ0v) is 15.3. The van der Waals surface area contributed by atoms with E-state index in [-0.39, 0.29) is 37.1 Å². The third-order valence-electron chi connectivity index (χ3n) is 3.06. The fourth-order valence-corrected chi connectivity index (χ4v) is 1.90. The summed E-state index contributed by atoms with van der Waals surface area (Å²) in [7, 11) is 1.65. The van der Waals surface area contributed by atoms with Crippen molar-refractivity contribution in [3.63, 3.8) is 0 Å². The summed E-state index contributed by atoms with van der Waals surface area (Å²) < 4.78 is 15.7. The number of nitrogens with one attached hydrogen (secondary N) is 2. The first-order chi connectivity index (χ1) is 10.7. The number of ether oxygens (including phenoxy) is 1. The summed E-state index contributed by atoms with van der Waals surface area (Å²) in [6.45, 7) is 4.46. The summed E-state index contributed by atoms with van der Waals surface area (Å²) >= 11 is 0. The lowest BCUT2D eigenvalue weighted by atomic mass is 10.2. The summed E-state index contributed by atoms with van der Waals surface area (Å²) in [6, 6.07) is 3.53. The van der Waals surface area contributed by atoms with Gasteiger partial charge >= 0.3 is 0 Å². The molecule has 24 heavy (non-hydrogen) atoms. The van der Waals surface area contributed by atoms with Gasteiger partial charge in [-0.1, -0.05) is 0 Å². The molecule has 0 fully saturated rings. The standard InChI is InChI=1S/C15H21N3O4.2ClH/c1-11-12(18-15(22-11)13-4-3-8-21-13)10-14(19)17-6-5-16-7-9-20-2;;/h3-4,8,16H,5-7,9-10H2,1-2H3,(H,17,19);2*1H. The molecule has 2 aromatic heterocycles. The molecule has 0 saturated carbocycles. The van der Waals surface area contributed by atoms with Gasteiger partial charge in [-0.3, -0.25) is 4.79 Å². The van der Waals surface area contributed by atoms with Crippen molar-refractivity contribution in [1.29, 1.82) is 0 Å². The zero-order valence-electron chi connectivity index (χ0n) is 13.7. The predicted octanol–water partition coefficient (Wildman–Crippen LogP) is 1.98. The number of rotatable bonds is 9. The molecule has 1 amide bonds. The largest absolute Gasteiger partial charge is 0.459 e. The van der Waals surface area contributed by atoms with E-state index in [4.69, 9.17) is 13.6 Å². The molecule has 0 aliphatic rings. The van der Waals surface area contributed by atoms with Gasteiger partial charge in [0.25, 0.3) is 5.89 Å². The van der Waals surface area contributed by atoms with E-state index >= 15 is 0 Å². The first-order valence-electron chi connectivity index (χ1n) is 7.17. The average molecular weight is 380 g/mol. The van der Waals surface area contributed by atoms with Crippen molar-refractivity contribution < 1.29 is 18.4 Å². The van der Waals surface area contributed by atoms with Crippen LogP contribution in [0.15, 0.2) is 27.2 Å². The maximum atomic E-state index is 11.9. The van der Waals surface area contributed by atoms with E-state index in [1.165, 1.54) is 0 Å². The van der Waals surface area contributed by atoms with Gasteiger partial charge in [0.05, 0.1) is 25.0 Å². The number of carbonyl (C=O) groups excluding carboxylic acids is 1. The molecular weight excluding hydrogens is 357 g/mol. The molecule has 0 radical (unpaired) electrons. The summed E-state index contributed by atoms with van der Waals surface area (Å²) in [6.07, 6.45) is 1.74. The highest BCUT2D eigenvalue weighted by Gasteiger charge is 2.15. The molecule has 0 aliphatic heterocycles. The lowest BCUT2D eigenvalue weighted by Crippen LogP contribution is -2.34.